The molecule has 194 valence electrons. The van der Waals surface area contributed by atoms with Crippen LogP contribution in [-0.2, 0) is 30.5 Å². The highest BCUT2D eigenvalue weighted by Crippen LogP contribution is 2.38. The molecule has 0 saturated heterocycles. The first-order chi connectivity index (χ1) is 17.8. The molecule has 1 heterocycles. The van der Waals surface area contributed by atoms with Crippen molar-refractivity contribution in [2.75, 3.05) is 10.6 Å². The Bertz CT molecular complexity index is 1290. The Morgan fingerprint density at radius 3 is 2.24 bits per heavy atom. The molecule has 37 heavy (non-hydrogen) atoms. The SMILES string of the molecule is CCc1cccc(CC)c1NC(=O)[C@H](C)Oc1ccc(C(=O)Nc2sc3c(c2C(N)=O)CCCC3)cc1. The summed E-state index contributed by atoms with van der Waals surface area (Å²) in [5.41, 5.74) is 10.5. The van der Waals surface area contributed by atoms with Gasteiger partial charge in [-0.25, -0.2) is 0 Å². The van der Waals surface area contributed by atoms with Crippen LogP contribution in [0.25, 0.3) is 0 Å². The van der Waals surface area contributed by atoms with E-state index < -0.39 is 12.0 Å². The van der Waals surface area contributed by atoms with Crippen LogP contribution in [0.15, 0.2) is 42.5 Å². The van der Waals surface area contributed by atoms with Gasteiger partial charge in [-0.2, -0.15) is 0 Å². The molecule has 0 aliphatic heterocycles. The fourth-order valence-corrected chi connectivity index (χ4v) is 5.95. The Kier molecular flexibility index (Phi) is 8.28. The molecule has 4 N–H and O–H groups in total. The van der Waals surface area contributed by atoms with Crippen LogP contribution in [-0.4, -0.2) is 23.8 Å². The van der Waals surface area contributed by atoms with Crippen molar-refractivity contribution in [1.82, 2.24) is 0 Å². The second-order valence-electron chi connectivity index (χ2n) is 9.17. The molecule has 1 aliphatic carbocycles. The number of aryl methyl sites for hydroxylation is 3. The van der Waals surface area contributed by atoms with E-state index in [2.05, 4.69) is 24.5 Å². The number of primary amides is 1. The van der Waals surface area contributed by atoms with Crippen LogP contribution in [0.4, 0.5) is 10.7 Å². The summed E-state index contributed by atoms with van der Waals surface area (Å²) >= 11 is 1.43. The van der Waals surface area contributed by atoms with Crippen molar-refractivity contribution in [1.29, 1.82) is 0 Å². The number of nitrogens with one attached hydrogen (secondary N) is 2. The number of benzene rings is 2. The number of amides is 3. The molecule has 0 fully saturated rings. The summed E-state index contributed by atoms with van der Waals surface area (Å²) in [7, 11) is 0. The molecule has 0 spiro atoms. The van der Waals surface area contributed by atoms with Crippen LogP contribution in [0.2, 0.25) is 0 Å². The first-order valence-electron chi connectivity index (χ1n) is 12.8. The number of carbonyl (C=O) groups excluding carboxylic acids is 3. The summed E-state index contributed by atoms with van der Waals surface area (Å²) < 4.78 is 5.85. The summed E-state index contributed by atoms with van der Waals surface area (Å²) in [4.78, 5) is 39.0. The minimum absolute atomic E-state index is 0.238. The molecule has 4 rings (SSSR count). The Morgan fingerprint density at radius 1 is 0.973 bits per heavy atom. The first kappa shape index (κ1) is 26.4. The van der Waals surface area contributed by atoms with Gasteiger partial charge in [0.25, 0.3) is 17.7 Å². The van der Waals surface area contributed by atoms with E-state index in [1.165, 1.54) is 11.3 Å². The lowest BCUT2D eigenvalue weighted by atomic mass is 9.95. The van der Waals surface area contributed by atoms with Gasteiger partial charge in [0.2, 0.25) is 0 Å². The maximum Gasteiger partial charge on any atom is 0.265 e. The van der Waals surface area contributed by atoms with Gasteiger partial charge in [-0.15, -0.1) is 11.3 Å². The summed E-state index contributed by atoms with van der Waals surface area (Å²) in [6.07, 6.45) is 4.69. The number of hydrogen-bond donors (Lipinski definition) is 3. The van der Waals surface area contributed by atoms with Gasteiger partial charge in [-0.3, -0.25) is 14.4 Å². The summed E-state index contributed by atoms with van der Waals surface area (Å²) in [6.45, 7) is 5.81. The normalized spacial score (nSPS) is 13.4. The van der Waals surface area contributed by atoms with Crippen LogP contribution in [0.3, 0.4) is 0 Å². The van der Waals surface area contributed by atoms with Crippen LogP contribution >= 0.6 is 11.3 Å². The second kappa shape index (κ2) is 11.6. The average molecular weight is 520 g/mol. The second-order valence-corrected chi connectivity index (χ2v) is 10.3. The quantitative estimate of drug-likeness (QED) is 0.346. The third kappa shape index (κ3) is 5.85. The molecule has 1 atom stereocenters. The molecule has 1 aromatic heterocycles. The largest absolute Gasteiger partial charge is 0.481 e. The van der Waals surface area contributed by atoms with Crippen LogP contribution in [0.1, 0.15) is 75.9 Å². The van der Waals surface area contributed by atoms with E-state index in [4.69, 9.17) is 10.5 Å². The minimum atomic E-state index is -0.732. The van der Waals surface area contributed by atoms with Gasteiger partial charge >= 0.3 is 0 Å². The summed E-state index contributed by atoms with van der Waals surface area (Å²) in [5, 5.41) is 6.40. The number of fused-ring (bicyclic) bond motifs is 1. The van der Waals surface area contributed by atoms with Gasteiger partial charge in [0.05, 0.1) is 5.56 Å². The van der Waals surface area contributed by atoms with Crippen molar-refractivity contribution in [3.8, 4) is 5.75 Å². The van der Waals surface area contributed by atoms with E-state index >= 15 is 0 Å². The highest BCUT2D eigenvalue weighted by atomic mass is 32.1. The highest BCUT2D eigenvalue weighted by Gasteiger charge is 2.25. The standard InChI is InChI=1S/C29H33N3O4S/c1-4-18-9-8-10-19(5-2)25(18)31-27(34)17(3)36-21-15-13-20(14-16-21)28(35)32-29-24(26(30)33)22-11-6-7-12-23(22)37-29/h8-10,13-17H,4-7,11-12H2,1-3H3,(H2,30,33)(H,31,34)(H,32,35)/t17-/m0/s1. The number of ether oxygens (including phenoxy) is 1. The topological polar surface area (TPSA) is 111 Å². The monoisotopic (exact) mass is 519 g/mol. The van der Waals surface area contributed by atoms with Crippen molar-refractivity contribution >= 4 is 39.7 Å². The number of hydrogen-bond acceptors (Lipinski definition) is 5. The van der Waals surface area contributed by atoms with Crippen molar-refractivity contribution in [2.45, 2.75) is 65.4 Å². The predicted octanol–water partition coefficient (Wildman–Crippen LogP) is 5.51. The molecule has 3 aromatic rings. The van der Waals surface area contributed by atoms with Gasteiger partial charge in [-0.1, -0.05) is 32.0 Å². The smallest absolute Gasteiger partial charge is 0.265 e. The Hall–Kier alpha value is -3.65. The van der Waals surface area contributed by atoms with Gasteiger partial charge in [0.15, 0.2) is 6.10 Å². The number of rotatable bonds is 9. The maximum absolute atomic E-state index is 12.9. The predicted molar refractivity (Wildman–Crippen MR) is 148 cm³/mol. The molecular weight excluding hydrogens is 486 g/mol. The first-order valence-corrected chi connectivity index (χ1v) is 13.6. The average Bonchev–Trinajstić information content (AvgIpc) is 3.27. The van der Waals surface area contributed by atoms with Crippen molar-refractivity contribution < 1.29 is 19.1 Å². The molecular formula is C29H33N3O4S. The molecule has 0 bridgehead atoms. The Morgan fingerprint density at radius 2 is 1.62 bits per heavy atom. The Balaban J connectivity index is 1.41. The molecule has 7 nitrogen and oxygen atoms in total. The van der Waals surface area contributed by atoms with Gasteiger partial charge in [-0.05, 0) is 86.4 Å². The summed E-state index contributed by atoms with van der Waals surface area (Å²) in [6, 6.07) is 12.6. The van der Waals surface area contributed by atoms with E-state index in [0.717, 1.165) is 65.8 Å². The van der Waals surface area contributed by atoms with Crippen LogP contribution < -0.4 is 21.1 Å². The number of carbonyl (C=O) groups is 3. The lowest BCUT2D eigenvalue weighted by molar-refractivity contribution is -0.122. The molecule has 8 heteroatoms. The van der Waals surface area contributed by atoms with Gasteiger partial charge in [0, 0.05) is 16.1 Å². The fraction of sp³-hybridized carbons (Fsp3) is 0.345. The molecule has 2 aromatic carbocycles. The minimum Gasteiger partial charge on any atom is -0.481 e. The molecule has 0 saturated carbocycles. The van der Waals surface area contributed by atoms with E-state index in [0.29, 0.717) is 21.9 Å². The van der Waals surface area contributed by atoms with E-state index in [-0.39, 0.29) is 11.8 Å². The van der Waals surface area contributed by atoms with Crippen molar-refractivity contribution in [3.05, 3.63) is 75.2 Å². The van der Waals surface area contributed by atoms with Crippen molar-refractivity contribution in [2.24, 2.45) is 5.73 Å². The number of para-hydroxylation sites is 1. The van der Waals surface area contributed by atoms with Crippen molar-refractivity contribution in [3.63, 3.8) is 0 Å². The van der Waals surface area contributed by atoms with E-state index in [9.17, 15) is 14.4 Å². The zero-order valence-corrected chi connectivity index (χ0v) is 22.3. The molecule has 0 radical (unpaired) electrons. The number of nitrogens with two attached hydrogens (primary N) is 1. The zero-order valence-electron chi connectivity index (χ0n) is 21.5. The third-order valence-electron chi connectivity index (χ3n) is 6.69. The van der Waals surface area contributed by atoms with E-state index in [1.54, 1.807) is 31.2 Å². The van der Waals surface area contributed by atoms with Crippen LogP contribution in [0.5, 0.6) is 5.75 Å². The lowest BCUT2D eigenvalue weighted by Gasteiger charge is -2.18. The highest BCUT2D eigenvalue weighted by molar-refractivity contribution is 7.17. The third-order valence-corrected chi connectivity index (χ3v) is 7.90. The fourth-order valence-electron chi connectivity index (χ4n) is 4.66. The van der Waals surface area contributed by atoms with Gasteiger partial charge < -0.3 is 21.1 Å². The molecule has 0 unspecified atom stereocenters. The van der Waals surface area contributed by atoms with Crippen LogP contribution in [0, 0.1) is 0 Å². The molecule has 1 aliphatic rings. The Labute approximate surface area is 221 Å². The summed E-state index contributed by atoms with van der Waals surface area (Å²) in [5.74, 6) is -0.610. The molecule has 3 amide bonds. The maximum atomic E-state index is 12.9. The van der Waals surface area contributed by atoms with Gasteiger partial charge in [0.1, 0.15) is 10.8 Å². The van der Waals surface area contributed by atoms with E-state index in [1.807, 2.05) is 18.2 Å². The number of thiophene rings is 1. The lowest BCUT2D eigenvalue weighted by Crippen LogP contribution is -2.31. The number of anilines is 2. The zero-order chi connectivity index (χ0) is 26.5.